The predicted molar refractivity (Wildman–Crippen MR) is 44.8 cm³/mol. The zero-order chi connectivity index (χ0) is 7.40. The van der Waals surface area contributed by atoms with Crippen LogP contribution >= 0.6 is 12.2 Å². The number of thiocarbonyl (C=S) groups is 1. The van der Waals surface area contributed by atoms with Gasteiger partial charge < -0.3 is 5.73 Å². The standard InChI is InChI=1S/C7H8N2S/c8-6(5-10)7-3-1-2-4-9-7/h1-6H,8H2. The molecule has 2 N–H and O–H groups in total. The van der Waals surface area contributed by atoms with Gasteiger partial charge in [-0.05, 0) is 12.1 Å². The van der Waals surface area contributed by atoms with Gasteiger partial charge in [0.05, 0.1) is 11.7 Å². The fourth-order valence-corrected chi connectivity index (χ4v) is 0.782. The maximum atomic E-state index is 5.57. The van der Waals surface area contributed by atoms with Gasteiger partial charge in [-0.25, -0.2) is 0 Å². The van der Waals surface area contributed by atoms with Crippen molar-refractivity contribution in [3.63, 3.8) is 0 Å². The lowest BCUT2D eigenvalue weighted by molar-refractivity contribution is 0.931. The van der Waals surface area contributed by atoms with E-state index in [2.05, 4.69) is 17.2 Å². The van der Waals surface area contributed by atoms with Gasteiger partial charge in [0.2, 0.25) is 0 Å². The van der Waals surface area contributed by atoms with E-state index >= 15 is 0 Å². The molecule has 3 heteroatoms. The summed E-state index contributed by atoms with van der Waals surface area (Å²) >= 11 is 4.67. The van der Waals surface area contributed by atoms with Crippen LogP contribution in [-0.2, 0) is 0 Å². The van der Waals surface area contributed by atoms with E-state index in [4.69, 9.17) is 5.73 Å². The Labute approximate surface area is 65.1 Å². The van der Waals surface area contributed by atoms with Crippen LogP contribution in [0.2, 0.25) is 0 Å². The molecule has 0 radical (unpaired) electrons. The monoisotopic (exact) mass is 152 g/mol. The largest absolute Gasteiger partial charge is 0.319 e. The first kappa shape index (κ1) is 7.31. The second-order valence-corrected chi connectivity index (χ2v) is 2.19. The Morgan fingerprint density at radius 1 is 1.60 bits per heavy atom. The maximum absolute atomic E-state index is 5.57. The number of hydrogen-bond acceptors (Lipinski definition) is 3. The molecule has 1 aromatic rings. The van der Waals surface area contributed by atoms with Gasteiger partial charge in [-0.15, -0.1) is 0 Å². The van der Waals surface area contributed by atoms with Crippen molar-refractivity contribution < 1.29 is 0 Å². The van der Waals surface area contributed by atoms with Crippen molar-refractivity contribution in [3.05, 3.63) is 30.1 Å². The summed E-state index contributed by atoms with van der Waals surface area (Å²) in [6, 6.07) is 5.38. The van der Waals surface area contributed by atoms with Gasteiger partial charge in [-0.3, -0.25) is 4.98 Å². The van der Waals surface area contributed by atoms with Gasteiger partial charge in [0.15, 0.2) is 0 Å². The normalized spacial score (nSPS) is 12.5. The number of nitrogens with two attached hydrogens (primary N) is 1. The van der Waals surface area contributed by atoms with Gasteiger partial charge in [-0.2, -0.15) is 0 Å². The SMILES string of the molecule is NC(C=S)c1ccccn1. The van der Waals surface area contributed by atoms with E-state index in [-0.39, 0.29) is 6.04 Å². The van der Waals surface area contributed by atoms with Gasteiger partial charge >= 0.3 is 0 Å². The Balaban J connectivity index is 2.84. The molecular formula is C7H8N2S. The zero-order valence-electron chi connectivity index (χ0n) is 5.40. The Morgan fingerprint density at radius 3 is 2.90 bits per heavy atom. The van der Waals surface area contributed by atoms with Crippen molar-refractivity contribution in [1.82, 2.24) is 4.98 Å². The number of rotatable bonds is 2. The van der Waals surface area contributed by atoms with Crippen LogP contribution in [0.4, 0.5) is 0 Å². The van der Waals surface area contributed by atoms with Crippen LogP contribution in [0.5, 0.6) is 0 Å². The van der Waals surface area contributed by atoms with E-state index in [0.717, 1.165) is 5.69 Å². The molecule has 1 heterocycles. The highest BCUT2D eigenvalue weighted by atomic mass is 32.1. The van der Waals surface area contributed by atoms with Gasteiger partial charge in [-0.1, -0.05) is 18.3 Å². The summed E-state index contributed by atoms with van der Waals surface area (Å²) in [5.74, 6) is 0. The lowest BCUT2D eigenvalue weighted by atomic mass is 10.2. The number of hydrogen-bond donors (Lipinski definition) is 1. The van der Waals surface area contributed by atoms with Crippen molar-refractivity contribution in [1.29, 1.82) is 0 Å². The highest BCUT2D eigenvalue weighted by molar-refractivity contribution is 7.79. The molecule has 0 aliphatic carbocycles. The second kappa shape index (κ2) is 3.39. The first-order valence-electron chi connectivity index (χ1n) is 2.96. The Morgan fingerprint density at radius 2 is 2.40 bits per heavy atom. The Bertz CT molecular complexity index is 210. The fourth-order valence-electron chi connectivity index (χ4n) is 0.643. The van der Waals surface area contributed by atoms with Gasteiger partial charge in [0.25, 0.3) is 0 Å². The molecule has 0 aromatic carbocycles. The van der Waals surface area contributed by atoms with Crippen molar-refractivity contribution >= 4 is 17.6 Å². The summed E-state index contributed by atoms with van der Waals surface area (Å²) in [4.78, 5) is 4.03. The van der Waals surface area contributed by atoms with Crippen molar-refractivity contribution in [2.75, 3.05) is 0 Å². The molecule has 1 atom stereocenters. The quantitative estimate of drug-likeness (QED) is 0.644. The molecular weight excluding hydrogens is 144 g/mol. The molecule has 0 spiro atoms. The molecule has 0 amide bonds. The summed E-state index contributed by atoms with van der Waals surface area (Å²) < 4.78 is 0. The summed E-state index contributed by atoms with van der Waals surface area (Å²) in [6.07, 6.45) is 1.70. The zero-order valence-corrected chi connectivity index (χ0v) is 6.21. The maximum Gasteiger partial charge on any atom is 0.0759 e. The van der Waals surface area contributed by atoms with E-state index in [1.807, 2.05) is 18.2 Å². The van der Waals surface area contributed by atoms with E-state index in [9.17, 15) is 0 Å². The summed E-state index contributed by atoms with van der Waals surface area (Å²) in [5, 5.41) is 1.50. The van der Waals surface area contributed by atoms with E-state index < -0.39 is 0 Å². The summed E-state index contributed by atoms with van der Waals surface area (Å²) in [6.45, 7) is 0. The average Bonchev–Trinajstić information content (AvgIpc) is 2.05. The predicted octanol–water partition coefficient (Wildman–Crippen LogP) is 1.08. The third kappa shape index (κ3) is 1.59. The van der Waals surface area contributed by atoms with Crippen LogP contribution < -0.4 is 5.73 Å². The smallest absolute Gasteiger partial charge is 0.0759 e. The molecule has 0 aliphatic rings. The van der Waals surface area contributed by atoms with E-state index in [1.165, 1.54) is 5.37 Å². The van der Waals surface area contributed by atoms with E-state index in [1.54, 1.807) is 6.20 Å². The summed E-state index contributed by atoms with van der Waals surface area (Å²) in [7, 11) is 0. The summed E-state index contributed by atoms with van der Waals surface area (Å²) in [5.41, 5.74) is 6.39. The van der Waals surface area contributed by atoms with Gasteiger partial charge in [0, 0.05) is 11.6 Å². The molecule has 1 aromatic heterocycles. The molecule has 0 aliphatic heterocycles. The highest BCUT2D eigenvalue weighted by Crippen LogP contribution is 2.01. The highest BCUT2D eigenvalue weighted by Gasteiger charge is 1.99. The fraction of sp³-hybridized carbons (Fsp3) is 0.143. The first-order chi connectivity index (χ1) is 4.84. The third-order valence-electron chi connectivity index (χ3n) is 1.18. The van der Waals surface area contributed by atoms with Crippen LogP contribution in [0.3, 0.4) is 0 Å². The van der Waals surface area contributed by atoms with Crippen LogP contribution in [0, 0.1) is 0 Å². The van der Waals surface area contributed by atoms with Crippen LogP contribution in [0.15, 0.2) is 24.4 Å². The van der Waals surface area contributed by atoms with Crippen molar-refractivity contribution in [2.24, 2.45) is 5.73 Å². The number of nitrogens with zero attached hydrogens (tertiary/aromatic N) is 1. The molecule has 0 fully saturated rings. The minimum Gasteiger partial charge on any atom is -0.319 e. The van der Waals surface area contributed by atoms with Crippen molar-refractivity contribution in [2.45, 2.75) is 6.04 Å². The van der Waals surface area contributed by atoms with Gasteiger partial charge in [0.1, 0.15) is 0 Å². The minimum absolute atomic E-state index is 0.212. The minimum atomic E-state index is -0.212. The van der Waals surface area contributed by atoms with Crippen LogP contribution in [0.25, 0.3) is 0 Å². The molecule has 10 heavy (non-hydrogen) atoms. The molecule has 1 rings (SSSR count). The van der Waals surface area contributed by atoms with Crippen molar-refractivity contribution in [3.8, 4) is 0 Å². The van der Waals surface area contributed by atoms with Crippen LogP contribution in [0.1, 0.15) is 11.7 Å². The molecule has 0 bridgehead atoms. The molecule has 0 saturated carbocycles. The topological polar surface area (TPSA) is 38.9 Å². The van der Waals surface area contributed by atoms with E-state index in [0.29, 0.717) is 0 Å². The molecule has 2 nitrogen and oxygen atoms in total. The number of pyridine rings is 1. The number of aromatic nitrogens is 1. The first-order valence-corrected chi connectivity index (χ1v) is 3.43. The lowest BCUT2D eigenvalue weighted by Crippen LogP contribution is -2.11. The van der Waals surface area contributed by atoms with Crippen LogP contribution in [-0.4, -0.2) is 10.4 Å². The lowest BCUT2D eigenvalue weighted by Gasteiger charge is -2.01. The molecule has 0 saturated heterocycles. The Hall–Kier alpha value is -0.800. The average molecular weight is 152 g/mol. The molecule has 52 valence electrons. The Kier molecular flexibility index (Phi) is 2.48. The third-order valence-corrected chi connectivity index (χ3v) is 1.47. The second-order valence-electron chi connectivity index (χ2n) is 1.92. The molecule has 1 unspecified atom stereocenters.